The highest BCUT2D eigenvalue weighted by molar-refractivity contribution is 9.10. The van der Waals surface area contributed by atoms with Gasteiger partial charge in [-0.3, -0.25) is 4.79 Å². The highest BCUT2D eigenvalue weighted by atomic mass is 79.9. The zero-order chi connectivity index (χ0) is 17.6. The van der Waals surface area contributed by atoms with Crippen molar-refractivity contribution < 1.29 is 4.79 Å². The van der Waals surface area contributed by atoms with E-state index in [1.807, 2.05) is 48.5 Å². The molecule has 0 aliphatic heterocycles. The summed E-state index contributed by atoms with van der Waals surface area (Å²) in [6, 6.07) is 15.1. The van der Waals surface area contributed by atoms with Crippen LogP contribution in [0.25, 0.3) is 6.08 Å². The Morgan fingerprint density at radius 3 is 2.60 bits per heavy atom. The van der Waals surface area contributed by atoms with E-state index < -0.39 is 0 Å². The molecule has 3 rings (SSSR count). The summed E-state index contributed by atoms with van der Waals surface area (Å²) in [6.45, 7) is 0. The monoisotopic (exact) mass is 395 g/mol. The van der Waals surface area contributed by atoms with Gasteiger partial charge in [-0.15, -0.1) is 0 Å². The average molecular weight is 396 g/mol. The fraction of sp³-hybridized carbons (Fsp3) is 0.250. The Balaban J connectivity index is 1.83. The first-order valence-electron chi connectivity index (χ1n) is 8.27. The summed E-state index contributed by atoms with van der Waals surface area (Å²) >= 11 is 3.31. The third-order valence-corrected chi connectivity index (χ3v) is 4.94. The molecule has 1 aromatic heterocycles. The first kappa shape index (κ1) is 17.4. The van der Waals surface area contributed by atoms with Gasteiger partial charge in [0, 0.05) is 6.08 Å². The first-order valence-corrected chi connectivity index (χ1v) is 9.07. The average Bonchev–Trinajstić information content (AvgIpc) is 2.59. The van der Waals surface area contributed by atoms with Crippen LogP contribution in [0.15, 0.2) is 59.2 Å². The van der Waals surface area contributed by atoms with Crippen molar-refractivity contribution in [2.45, 2.75) is 25.3 Å². The third kappa shape index (κ3) is 4.15. The topological polar surface area (TPSA) is 57.0 Å². The number of benzene rings is 1. The van der Waals surface area contributed by atoms with Crippen molar-refractivity contribution in [2.24, 2.45) is 5.92 Å². The van der Waals surface area contributed by atoms with E-state index in [4.69, 9.17) is 0 Å². The number of aromatic nitrogens is 1. The largest absolute Gasteiger partial charge is 0.269 e. The number of nitriles is 1. The highest BCUT2D eigenvalue weighted by Gasteiger charge is 2.35. The lowest BCUT2D eigenvalue weighted by atomic mass is 9.76. The number of hydrogen-bond donors (Lipinski definition) is 0. The number of rotatable bonds is 5. The smallest absolute Gasteiger partial charge is 0.260 e. The Labute approximate surface area is 155 Å². The van der Waals surface area contributed by atoms with Gasteiger partial charge in [0.05, 0.1) is 11.7 Å². The van der Waals surface area contributed by atoms with Crippen molar-refractivity contribution in [2.75, 3.05) is 0 Å². The van der Waals surface area contributed by atoms with Gasteiger partial charge < -0.3 is 0 Å². The molecule has 126 valence electrons. The van der Waals surface area contributed by atoms with Gasteiger partial charge in [0.1, 0.15) is 4.60 Å². The standard InChI is InChI=1S/C20H18BrN3O/c21-18-11-5-10-17(23-18)12-13-19(25)24(14-22)20(16-8-4-9-16)15-6-2-1-3-7-15/h1-3,5-7,10-13,16,20H,4,8-9H2/b13-12+/t20-/m1/s1. The molecule has 1 aromatic carbocycles. The van der Waals surface area contributed by atoms with Crippen LogP contribution in [-0.4, -0.2) is 15.8 Å². The van der Waals surface area contributed by atoms with Gasteiger partial charge in [0.2, 0.25) is 0 Å². The van der Waals surface area contributed by atoms with Crippen LogP contribution in [0.5, 0.6) is 0 Å². The minimum absolute atomic E-state index is 0.201. The molecule has 1 aliphatic carbocycles. The van der Waals surface area contributed by atoms with Gasteiger partial charge in [0.15, 0.2) is 6.19 Å². The van der Waals surface area contributed by atoms with E-state index in [-0.39, 0.29) is 11.9 Å². The minimum atomic E-state index is -0.315. The summed E-state index contributed by atoms with van der Waals surface area (Å²) in [4.78, 5) is 18.2. The van der Waals surface area contributed by atoms with Gasteiger partial charge in [-0.2, -0.15) is 5.26 Å². The number of halogens is 1. The molecule has 0 unspecified atom stereocenters. The van der Waals surface area contributed by atoms with Crippen LogP contribution in [0.1, 0.15) is 36.6 Å². The molecule has 1 saturated carbocycles. The highest BCUT2D eigenvalue weighted by Crippen LogP contribution is 2.41. The number of carbonyl (C=O) groups excluding carboxylic acids is 1. The van der Waals surface area contributed by atoms with Crippen molar-refractivity contribution in [3.05, 3.63) is 70.5 Å². The lowest BCUT2D eigenvalue weighted by molar-refractivity contribution is -0.126. The zero-order valence-corrected chi connectivity index (χ0v) is 15.3. The van der Waals surface area contributed by atoms with E-state index in [0.717, 1.165) is 24.8 Å². The van der Waals surface area contributed by atoms with E-state index in [1.54, 1.807) is 6.08 Å². The van der Waals surface area contributed by atoms with E-state index in [1.165, 1.54) is 11.0 Å². The molecule has 0 saturated heterocycles. The lowest BCUT2D eigenvalue weighted by Gasteiger charge is -2.37. The van der Waals surface area contributed by atoms with E-state index in [9.17, 15) is 10.1 Å². The lowest BCUT2D eigenvalue weighted by Crippen LogP contribution is -2.36. The maximum Gasteiger partial charge on any atom is 0.260 e. The van der Waals surface area contributed by atoms with Crippen LogP contribution in [0, 0.1) is 17.4 Å². The summed E-state index contributed by atoms with van der Waals surface area (Å²) in [7, 11) is 0. The van der Waals surface area contributed by atoms with Crippen molar-refractivity contribution in [3.8, 4) is 6.19 Å². The Morgan fingerprint density at radius 1 is 1.24 bits per heavy atom. The molecular formula is C20H18BrN3O. The maximum atomic E-state index is 12.7. The molecular weight excluding hydrogens is 378 g/mol. The minimum Gasteiger partial charge on any atom is -0.269 e. The maximum absolute atomic E-state index is 12.7. The molecule has 0 spiro atoms. The number of nitrogens with zero attached hydrogens (tertiary/aromatic N) is 3. The summed E-state index contributed by atoms with van der Waals surface area (Å²) in [6.07, 6.45) is 8.40. The van der Waals surface area contributed by atoms with E-state index in [0.29, 0.717) is 16.2 Å². The molecule has 4 nitrogen and oxygen atoms in total. The molecule has 0 radical (unpaired) electrons. The van der Waals surface area contributed by atoms with E-state index >= 15 is 0 Å². The fourth-order valence-corrected chi connectivity index (χ4v) is 3.40. The fourth-order valence-electron chi connectivity index (χ4n) is 3.04. The van der Waals surface area contributed by atoms with Gasteiger partial charge >= 0.3 is 0 Å². The SMILES string of the molecule is N#CN(C(=O)/C=C/c1cccc(Br)n1)[C@H](c1ccccc1)C1CCC1. The summed E-state index contributed by atoms with van der Waals surface area (Å²) in [5, 5.41) is 9.64. The van der Waals surface area contributed by atoms with Crippen LogP contribution >= 0.6 is 15.9 Å². The molecule has 1 atom stereocenters. The molecule has 0 bridgehead atoms. The molecule has 2 aromatic rings. The molecule has 1 amide bonds. The summed E-state index contributed by atoms with van der Waals surface area (Å²) in [5.41, 5.74) is 1.68. The van der Waals surface area contributed by atoms with Crippen LogP contribution in [0.2, 0.25) is 0 Å². The second-order valence-corrected chi connectivity index (χ2v) is 6.89. The number of amides is 1. The summed E-state index contributed by atoms with van der Waals surface area (Å²) < 4.78 is 0.705. The first-order chi connectivity index (χ1) is 12.2. The zero-order valence-electron chi connectivity index (χ0n) is 13.7. The van der Waals surface area contributed by atoms with Crippen LogP contribution < -0.4 is 0 Å². The number of pyridine rings is 1. The second kappa shape index (κ2) is 8.09. The van der Waals surface area contributed by atoms with Crippen molar-refractivity contribution in [1.29, 1.82) is 5.26 Å². The predicted molar refractivity (Wildman–Crippen MR) is 100.0 cm³/mol. The third-order valence-electron chi connectivity index (χ3n) is 4.49. The molecule has 1 aliphatic rings. The summed E-state index contributed by atoms with van der Waals surface area (Å²) in [5.74, 6) is 0.0217. The van der Waals surface area contributed by atoms with Gasteiger partial charge in [-0.25, -0.2) is 9.88 Å². The quantitative estimate of drug-likeness (QED) is 0.318. The molecule has 5 heteroatoms. The number of carbonyl (C=O) groups is 1. The Kier molecular flexibility index (Phi) is 5.62. The van der Waals surface area contributed by atoms with Crippen LogP contribution in [0.3, 0.4) is 0 Å². The second-order valence-electron chi connectivity index (χ2n) is 6.07. The Bertz CT molecular complexity index is 809. The predicted octanol–water partition coefficient (Wildman–Crippen LogP) is 4.71. The molecule has 25 heavy (non-hydrogen) atoms. The molecule has 1 fully saturated rings. The van der Waals surface area contributed by atoms with E-state index in [2.05, 4.69) is 27.1 Å². The van der Waals surface area contributed by atoms with Crippen LogP contribution in [0.4, 0.5) is 0 Å². The van der Waals surface area contributed by atoms with Gasteiger partial charge in [0.25, 0.3) is 5.91 Å². The van der Waals surface area contributed by atoms with Crippen molar-refractivity contribution in [3.63, 3.8) is 0 Å². The van der Waals surface area contributed by atoms with Gasteiger partial charge in [-0.1, -0.05) is 42.8 Å². The van der Waals surface area contributed by atoms with Gasteiger partial charge in [-0.05, 0) is 58.5 Å². The van der Waals surface area contributed by atoms with Crippen LogP contribution in [-0.2, 0) is 4.79 Å². The number of hydrogen-bond acceptors (Lipinski definition) is 3. The Hall–Kier alpha value is -2.45. The Morgan fingerprint density at radius 2 is 2.00 bits per heavy atom. The molecule has 0 N–H and O–H groups in total. The normalized spacial score (nSPS) is 15.4. The van der Waals surface area contributed by atoms with Crippen molar-refractivity contribution in [1.82, 2.24) is 9.88 Å². The molecule has 1 heterocycles. The van der Waals surface area contributed by atoms with Crippen molar-refractivity contribution >= 4 is 27.9 Å².